The summed E-state index contributed by atoms with van der Waals surface area (Å²) in [4.78, 5) is 11.9. The van der Waals surface area contributed by atoms with Gasteiger partial charge in [-0.3, -0.25) is 4.79 Å². The fraction of sp³-hybridized carbons (Fsp3) is 0.167. The van der Waals surface area contributed by atoms with Crippen molar-refractivity contribution in [2.45, 2.75) is 12.8 Å². The fourth-order valence-electron chi connectivity index (χ4n) is 2.28. The number of ether oxygens (including phenoxy) is 1. The number of aryl methyl sites for hydroxylation is 1. The summed E-state index contributed by atoms with van der Waals surface area (Å²) in [5.74, 6) is -3.96. The number of nitrogens with zero attached hydrogens (tertiary/aromatic N) is 2. The molecule has 0 radical (unpaired) electrons. The molecule has 0 atom stereocenters. The second-order valence-corrected chi connectivity index (χ2v) is 5.50. The SMILES string of the molecule is COc1cccc(-c2nnc(CCC(=O)Nc3ccc(F)c(F)c3F)o2)c1. The van der Waals surface area contributed by atoms with Gasteiger partial charge in [0.15, 0.2) is 17.5 Å². The van der Waals surface area contributed by atoms with E-state index in [9.17, 15) is 18.0 Å². The number of methoxy groups -OCH3 is 1. The first-order valence-electron chi connectivity index (χ1n) is 7.88. The molecule has 0 aliphatic carbocycles. The zero-order valence-electron chi connectivity index (χ0n) is 14.1. The van der Waals surface area contributed by atoms with Gasteiger partial charge in [0.25, 0.3) is 0 Å². The van der Waals surface area contributed by atoms with Crippen LogP contribution in [0.5, 0.6) is 5.75 Å². The summed E-state index contributed by atoms with van der Waals surface area (Å²) in [5, 5.41) is 9.93. The van der Waals surface area contributed by atoms with E-state index in [2.05, 4.69) is 15.5 Å². The first-order valence-corrected chi connectivity index (χ1v) is 7.88. The molecule has 0 unspecified atom stereocenters. The molecule has 0 spiro atoms. The molecule has 9 heteroatoms. The summed E-state index contributed by atoms with van der Waals surface area (Å²) in [6.45, 7) is 0. The molecule has 0 fully saturated rings. The van der Waals surface area contributed by atoms with E-state index in [0.29, 0.717) is 11.3 Å². The average molecular weight is 377 g/mol. The molecule has 0 aliphatic rings. The zero-order chi connectivity index (χ0) is 19.4. The quantitative estimate of drug-likeness (QED) is 0.663. The molecule has 3 rings (SSSR count). The Morgan fingerprint density at radius 2 is 1.96 bits per heavy atom. The maximum absolute atomic E-state index is 13.6. The van der Waals surface area contributed by atoms with E-state index in [0.717, 1.165) is 12.1 Å². The van der Waals surface area contributed by atoms with Crippen LogP contribution in [0.3, 0.4) is 0 Å². The van der Waals surface area contributed by atoms with Crippen LogP contribution in [0, 0.1) is 17.5 Å². The topological polar surface area (TPSA) is 77.2 Å². The van der Waals surface area contributed by atoms with Crippen LogP contribution in [0.15, 0.2) is 40.8 Å². The third kappa shape index (κ3) is 4.25. The summed E-state index contributed by atoms with van der Waals surface area (Å²) in [7, 11) is 1.53. The highest BCUT2D eigenvalue weighted by Gasteiger charge is 2.16. The van der Waals surface area contributed by atoms with Gasteiger partial charge in [-0.15, -0.1) is 10.2 Å². The van der Waals surface area contributed by atoms with E-state index in [4.69, 9.17) is 9.15 Å². The van der Waals surface area contributed by atoms with Crippen LogP contribution < -0.4 is 10.1 Å². The van der Waals surface area contributed by atoms with Gasteiger partial charge in [0.1, 0.15) is 5.75 Å². The Hall–Kier alpha value is -3.36. The number of amides is 1. The Balaban J connectivity index is 1.61. The summed E-state index contributed by atoms with van der Waals surface area (Å²) >= 11 is 0. The largest absolute Gasteiger partial charge is 0.497 e. The van der Waals surface area contributed by atoms with Crippen molar-refractivity contribution in [3.8, 4) is 17.2 Å². The van der Waals surface area contributed by atoms with Gasteiger partial charge in [0.2, 0.25) is 17.7 Å². The Bertz CT molecular complexity index is 975. The average Bonchev–Trinajstić information content (AvgIpc) is 3.16. The summed E-state index contributed by atoms with van der Waals surface area (Å²) in [6.07, 6.45) is -0.0216. The predicted molar refractivity (Wildman–Crippen MR) is 89.6 cm³/mol. The maximum Gasteiger partial charge on any atom is 0.247 e. The molecular formula is C18H14F3N3O3. The number of anilines is 1. The lowest BCUT2D eigenvalue weighted by Crippen LogP contribution is -2.14. The number of rotatable bonds is 6. The number of hydrogen-bond donors (Lipinski definition) is 1. The molecule has 3 aromatic rings. The van der Waals surface area contributed by atoms with Crippen molar-refractivity contribution >= 4 is 11.6 Å². The molecule has 27 heavy (non-hydrogen) atoms. The molecule has 6 nitrogen and oxygen atoms in total. The predicted octanol–water partition coefficient (Wildman–Crippen LogP) is 3.73. The van der Waals surface area contributed by atoms with Gasteiger partial charge in [-0.1, -0.05) is 6.07 Å². The Morgan fingerprint density at radius 3 is 2.74 bits per heavy atom. The number of nitrogens with one attached hydrogen (secondary N) is 1. The number of carbonyl (C=O) groups excluding carboxylic acids is 1. The Morgan fingerprint density at radius 1 is 1.15 bits per heavy atom. The van der Waals surface area contributed by atoms with Crippen molar-refractivity contribution < 1.29 is 27.1 Å². The summed E-state index contributed by atoms with van der Waals surface area (Å²) in [5.41, 5.74) is 0.211. The molecule has 1 N–H and O–H groups in total. The number of carbonyl (C=O) groups is 1. The normalized spacial score (nSPS) is 10.7. The Labute approximate surface area is 152 Å². The highest BCUT2D eigenvalue weighted by Crippen LogP contribution is 2.23. The number of hydrogen-bond acceptors (Lipinski definition) is 5. The van der Waals surface area contributed by atoms with Gasteiger partial charge in [-0.2, -0.15) is 0 Å². The van der Waals surface area contributed by atoms with Crippen LogP contribution in [-0.2, 0) is 11.2 Å². The lowest BCUT2D eigenvalue weighted by atomic mass is 10.2. The third-order valence-electron chi connectivity index (χ3n) is 3.66. The lowest BCUT2D eigenvalue weighted by molar-refractivity contribution is -0.116. The first-order chi connectivity index (χ1) is 13.0. The van der Waals surface area contributed by atoms with Gasteiger partial charge in [0, 0.05) is 18.4 Å². The molecular weight excluding hydrogens is 363 g/mol. The Kier molecular flexibility index (Phi) is 5.39. The first kappa shape index (κ1) is 18.4. The van der Waals surface area contributed by atoms with E-state index < -0.39 is 29.0 Å². The number of halogens is 3. The van der Waals surface area contributed by atoms with Crippen LogP contribution in [0.4, 0.5) is 18.9 Å². The van der Waals surface area contributed by atoms with Crippen LogP contribution in [0.25, 0.3) is 11.5 Å². The molecule has 1 amide bonds. The number of benzene rings is 2. The van der Waals surface area contributed by atoms with Crippen LogP contribution in [0.2, 0.25) is 0 Å². The van der Waals surface area contributed by atoms with Crippen molar-refractivity contribution in [2.75, 3.05) is 12.4 Å². The van der Waals surface area contributed by atoms with Gasteiger partial charge in [0.05, 0.1) is 12.8 Å². The van der Waals surface area contributed by atoms with Gasteiger partial charge < -0.3 is 14.5 Å². The van der Waals surface area contributed by atoms with Crippen molar-refractivity contribution in [1.29, 1.82) is 0 Å². The maximum atomic E-state index is 13.6. The van der Waals surface area contributed by atoms with E-state index in [1.807, 2.05) is 0 Å². The second kappa shape index (κ2) is 7.90. The highest BCUT2D eigenvalue weighted by molar-refractivity contribution is 5.90. The van der Waals surface area contributed by atoms with Crippen LogP contribution >= 0.6 is 0 Å². The highest BCUT2D eigenvalue weighted by atomic mass is 19.2. The smallest absolute Gasteiger partial charge is 0.247 e. The van der Waals surface area contributed by atoms with Gasteiger partial charge in [-0.05, 0) is 30.3 Å². The molecule has 140 valence electrons. The zero-order valence-corrected chi connectivity index (χ0v) is 14.1. The number of aromatic nitrogens is 2. The minimum atomic E-state index is -1.65. The minimum absolute atomic E-state index is 0.0914. The molecule has 0 bridgehead atoms. The molecule has 0 saturated heterocycles. The van der Waals surface area contributed by atoms with Crippen molar-refractivity contribution in [3.63, 3.8) is 0 Å². The van der Waals surface area contributed by atoms with Gasteiger partial charge in [-0.25, -0.2) is 13.2 Å². The van der Waals surface area contributed by atoms with E-state index in [1.165, 1.54) is 7.11 Å². The molecule has 2 aromatic carbocycles. The summed E-state index contributed by atoms with van der Waals surface area (Å²) < 4.78 is 50.2. The molecule has 1 heterocycles. The summed E-state index contributed by atoms with van der Waals surface area (Å²) in [6, 6.07) is 8.68. The standard InChI is InChI=1S/C18H14F3N3O3/c1-26-11-4-2-3-10(9-11)18-24-23-15(27-18)8-7-14(25)22-13-6-5-12(19)16(20)17(13)21/h2-6,9H,7-8H2,1H3,(H,22,25). The van der Waals surface area contributed by atoms with Crippen LogP contribution in [-0.4, -0.2) is 23.2 Å². The van der Waals surface area contributed by atoms with E-state index >= 15 is 0 Å². The van der Waals surface area contributed by atoms with E-state index in [1.54, 1.807) is 24.3 Å². The third-order valence-corrected chi connectivity index (χ3v) is 3.66. The fourth-order valence-corrected chi connectivity index (χ4v) is 2.28. The molecule has 1 aromatic heterocycles. The van der Waals surface area contributed by atoms with Crippen LogP contribution in [0.1, 0.15) is 12.3 Å². The second-order valence-electron chi connectivity index (χ2n) is 5.50. The molecule has 0 saturated carbocycles. The van der Waals surface area contributed by atoms with E-state index in [-0.39, 0.29) is 24.6 Å². The lowest BCUT2D eigenvalue weighted by Gasteiger charge is -2.06. The van der Waals surface area contributed by atoms with Crippen molar-refractivity contribution in [2.24, 2.45) is 0 Å². The monoisotopic (exact) mass is 377 g/mol. The minimum Gasteiger partial charge on any atom is -0.497 e. The van der Waals surface area contributed by atoms with Gasteiger partial charge >= 0.3 is 0 Å². The molecule has 0 aliphatic heterocycles. The van der Waals surface area contributed by atoms with Crippen molar-refractivity contribution in [1.82, 2.24) is 10.2 Å². The van der Waals surface area contributed by atoms with Crippen molar-refractivity contribution in [3.05, 3.63) is 59.7 Å².